The molecule has 0 atom stereocenters. The molecule has 0 unspecified atom stereocenters. The van der Waals surface area contributed by atoms with Crippen molar-refractivity contribution in [2.45, 2.75) is 0 Å². The van der Waals surface area contributed by atoms with Crippen LogP contribution in [0.3, 0.4) is 0 Å². The normalized spacial score (nSPS) is 9.14. The van der Waals surface area contributed by atoms with Gasteiger partial charge < -0.3 is 0 Å². The molecule has 2 rings (SSSR count). The second-order valence-electron chi connectivity index (χ2n) is 2.86. The van der Waals surface area contributed by atoms with E-state index in [9.17, 15) is 0 Å². The summed E-state index contributed by atoms with van der Waals surface area (Å²) < 4.78 is 3.13. The van der Waals surface area contributed by atoms with Crippen molar-refractivity contribution in [3.8, 4) is 0 Å². The number of hydrogen-bond donors (Lipinski definition) is 0. The van der Waals surface area contributed by atoms with E-state index >= 15 is 0 Å². The Morgan fingerprint density at radius 1 is 0.571 bits per heavy atom. The second-order valence-corrected chi connectivity index (χ2v) is 8.32. The van der Waals surface area contributed by atoms with Gasteiger partial charge in [-0.05, 0) is 0 Å². The zero-order chi connectivity index (χ0) is 8.93. The van der Waals surface area contributed by atoms with Gasteiger partial charge in [0.1, 0.15) is 0 Å². The molecule has 0 heterocycles. The van der Waals surface area contributed by atoms with E-state index in [2.05, 4.69) is 60.7 Å². The molecule has 0 fully saturated rings. The summed E-state index contributed by atoms with van der Waals surface area (Å²) in [5.74, 6) is 0. The van der Waals surface area contributed by atoms with Crippen LogP contribution in [0.1, 0.15) is 0 Å². The van der Waals surface area contributed by atoms with Crippen LogP contribution in [0.4, 0.5) is 0 Å². The summed E-state index contributed by atoms with van der Waals surface area (Å²) in [6, 6.07) is 21.7. The molecular weight excluding hydrogens is 387 g/mol. The Labute approximate surface area is 103 Å². The Morgan fingerprint density at radius 2 is 0.929 bits per heavy atom. The fourth-order valence-corrected chi connectivity index (χ4v) is 5.30. The summed E-state index contributed by atoms with van der Waals surface area (Å²) in [7, 11) is 0. The quantitative estimate of drug-likeness (QED) is 0.677. The van der Waals surface area contributed by atoms with Crippen molar-refractivity contribution >= 4 is 42.9 Å². The average Bonchev–Trinajstić information content (AvgIpc) is 2.21. The number of hydrogen-bond acceptors (Lipinski definition) is 0. The van der Waals surface area contributed by atoms with E-state index in [-0.39, 0.29) is 12.4 Å². The van der Waals surface area contributed by atoms with Gasteiger partial charge in [0.25, 0.3) is 0 Å². The van der Waals surface area contributed by atoms with Gasteiger partial charge in [0.15, 0.2) is 0 Å². The molecule has 2 aromatic rings. The Morgan fingerprint density at radius 3 is 1.29 bits per heavy atom. The average molecular weight is 398 g/mol. The van der Waals surface area contributed by atoms with Gasteiger partial charge in [-0.15, -0.1) is 12.4 Å². The number of benzene rings is 2. The van der Waals surface area contributed by atoms with E-state index in [1.807, 2.05) is 0 Å². The molecule has 0 saturated carbocycles. The second kappa shape index (κ2) is 6.19. The number of rotatable bonds is 2. The van der Waals surface area contributed by atoms with Gasteiger partial charge in [-0.25, -0.2) is 0 Å². The van der Waals surface area contributed by atoms with Crippen LogP contribution in [-0.4, -0.2) is 24.2 Å². The Kier molecular flexibility index (Phi) is 5.19. The van der Waals surface area contributed by atoms with Gasteiger partial charge in [-0.3, -0.25) is 0 Å². The standard InChI is InChI=1S/2C6H5.ClH.Pb/c2*1-2-4-6-5-3-1;;/h2*1-5H;1H;. The molecule has 0 N–H and O–H groups in total. The van der Waals surface area contributed by atoms with Crippen LogP contribution in [-0.2, 0) is 0 Å². The molecule has 0 nitrogen and oxygen atoms in total. The van der Waals surface area contributed by atoms with Crippen LogP contribution in [0.15, 0.2) is 60.7 Å². The maximum absolute atomic E-state index is 2.25. The first-order valence-corrected chi connectivity index (χ1v) is 8.21. The third-order valence-electron chi connectivity index (χ3n) is 1.84. The molecule has 0 amide bonds. The summed E-state index contributed by atoms with van der Waals surface area (Å²) in [6.07, 6.45) is 0. The molecule has 0 bridgehead atoms. The zero-order valence-electron chi connectivity index (χ0n) is 7.68. The molecule has 2 heteroatoms. The fourth-order valence-electron chi connectivity index (χ4n) is 1.21. The Hall–Kier alpha value is -0.348. The fraction of sp³-hybridized carbons (Fsp3) is 0. The van der Waals surface area contributed by atoms with Crippen molar-refractivity contribution in [2.75, 3.05) is 0 Å². The first kappa shape index (κ1) is 11.7. The molecule has 2 aromatic carbocycles. The molecule has 2 radical (unpaired) electrons. The van der Waals surface area contributed by atoms with Gasteiger partial charge in [0.2, 0.25) is 0 Å². The minimum absolute atomic E-state index is 0. The third kappa shape index (κ3) is 3.42. The molecule has 0 aliphatic rings. The van der Waals surface area contributed by atoms with E-state index < -0.39 is 24.2 Å². The predicted octanol–water partition coefficient (Wildman–Crippen LogP) is 1.76. The van der Waals surface area contributed by atoms with Crippen molar-refractivity contribution in [3.63, 3.8) is 0 Å². The SMILES string of the molecule is Cl.c1cc[c]([Pb][c]2ccccc2)cc1. The molecule has 0 aromatic heterocycles. The molecule has 0 spiro atoms. The summed E-state index contributed by atoms with van der Waals surface area (Å²) in [4.78, 5) is 0. The van der Waals surface area contributed by atoms with Crippen LogP contribution >= 0.6 is 12.4 Å². The van der Waals surface area contributed by atoms with Crippen LogP contribution in [0.2, 0.25) is 0 Å². The Balaban J connectivity index is 0.000000980. The summed E-state index contributed by atoms with van der Waals surface area (Å²) >= 11 is -0.740. The molecule has 70 valence electrons. The maximum atomic E-state index is 2.25. The first-order valence-electron chi connectivity index (χ1n) is 4.32. The van der Waals surface area contributed by atoms with Crippen molar-refractivity contribution in [1.29, 1.82) is 0 Å². The zero-order valence-corrected chi connectivity index (χ0v) is 12.4. The van der Waals surface area contributed by atoms with Crippen molar-refractivity contribution in [3.05, 3.63) is 60.7 Å². The molecule has 0 aliphatic carbocycles. The molecule has 14 heavy (non-hydrogen) atoms. The minimum atomic E-state index is -0.740. The van der Waals surface area contributed by atoms with Crippen molar-refractivity contribution in [1.82, 2.24) is 0 Å². The molecule has 0 aliphatic heterocycles. The van der Waals surface area contributed by atoms with Crippen LogP contribution in [0.5, 0.6) is 0 Å². The third-order valence-corrected chi connectivity index (χ3v) is 6.67. The van der Waals surface area contributed by atoms with Gasteiger partial charge in [-0.2, -0.15) is 0 Å². The Bertz CT molecular complexity index is 321. The summed E-state index contributed by atoms with van der Waals surface area (Å²) in [5.41, 5.74) is 0. The summed E-state index contributed by atoms with van der Waals surface area (Å²) in [5, 5.41) is 0. The van der Waals surface area contributed by atoms with E-state index in [4.69, 9.17) is 0 Å². The van der Waals surface area contributed by atoms with E-state index in [1.165, 1.54) is 0 Å². The van der Waals surface area contributed by atoms with Gasteiger partial charge in [0.05, 0.1) is 0 Å². The van der Waals surface area contributed by atoms with E-state index in [0.29, 0.717) is 0 Å². The predicted molar refractivity (Wildman–Crippen MR) is 65.2 cm³/mol. The van der Waals surface area contributed by atoms with Gasteiger partial charge in [0, 0.05) is 0 Å². The van der Waals surface area contributed by atoms with Crippen LogP contribution < -0.4 is 6.25 Å². The van der Waals surface area contributed by atoms with Crippen molar-refractivity contribution in [2.24, 2.45) is 0 Å². The van der Waals surface area contributed by atoms with Gasteiger partial charge >= 0.3 is 91.1 Å². The number of halogens is 1. The topological polar surface area (TPSA) is 0 Å². The monoisotopic (exact) mass is 398 g/mol. The molecular formula is C12H11ClPb. The van der Waals surface area contributed by atoms with Gasteiger partial charge in [-0.1, -0.05) is 0 Å². The van der Waals surface area contributed by atoms with E-state index in [0.717, 1.165) is 0 Å². The molecule has 0 saturated heterocycles. The van der Waals surface area contributed by atoms with Crippen LogP contribution in [0, 0.1) is 0 Å². The summed E-state index contributed by atoms with van der Waals surface area (Å²) in [6.45, 7) is 0. The first-order chi connectivity index (χ1) is 6.45. The van der Waals surface area contributed by atoms with Crippen molar-refractivity contribution < 1.29 is 0 Å². The van der Waals surface area contributed by atoms with Crippen LogP contribution in [0.25, 0.3) is 0 Å². The van der Waals surface area contributed by atoms with E-state index in [1.54, 1.807) is 6.25 Å².